The number of halogens is 1. The molecule has 44 heavy (non-hydrogen) atoms. The first-order valence-corrected chi connectivity index (χ1v) is 15.3. The predicted octanol–water partition coefficient (Wildman–Crippen LogP) is -1.18. The number of nitrogen functional groups attached to an aromatic ring is 1. The molecule has 0 spiro atoms. The average molecular weight is 757 g/mol. The maximum absolute atomic E-state index is 13.5. The smallest absolute Gasteiger partial charge is 0.355 e. The Kier molecular flexibility index (Phi) is 10.9. The van der Waals surface area contributed by atoms with E-state index in [4.69, 9.17) is 24.9 Å². The summed E-state index contributed by atoms with van der Waals surface area (Å²) in [6.07, 6.45) is 4.45. The van der Waals surface area contributed by atoms with Gasteiger partial charge in [0.25, 0.3) is 11.8 Å². The lowest BCUT2D eigenvalue weighted by atomic mass is 10.0. The van der Waals surface area contributed by atoms with Crippen LogP contribution in [-0.4, -0.2) is 96.2 Å². The van der Waals surface area contributed by atoms with E-state index in [1.54, 1.807) is 36.8 Å². The van der Waals surface area contributed by atoms with Gasteiger partial charge in [0.2, 0.25) is 0 Å². The number of methoxy groups -OCH3 is 1. The number of thioether (sulfide) groups is 1. The largest absolute Gasteiger partial charge is 1.00 e. The number of fused-ring (bicyclic) bond motifs is 1. The summed E-state index contributed by atoms with van der Waals surface area (Å²) < 4.78 is 11.3. The number of ether oxygens (including phenoxy) is 2. The number of quaternary nitrogens is 1. The van der Waals surface area contributed by atoms with Crippen molar-refractivity contribution in [3.63, 3.8) is 0 Å². The number of rotatable bonds is 10. The number of nitrogens with zero attached hydrogens (tertiary/aromatic N) is 4. The fourth-order valence-corrected chi connectivity index (χ4v) is 6.73. The summed E-state index contributed by atoms with van der Waals surface area (Å²) in [5.74, 6) is -0.636. The van der Waals surface area contributed by atoms with Crippen LogP contribution in [0, 0.1) is 0 Å². The summed E-state index contributed by atoms with van der Waals surface area (Å²) in [6, 6.07) is 6.25. The van der Waals surface area contributed by atoms with Crippen LogP contribution in [0.5, 0.6) is 5.75 Å². The predicted molar refractivity (Wildman–Crippen MR) is 161 cm³/mol. The van der Waals surface area contributed by atoms with Gasteiger partial charge in [-0.15, -0.1) is 23.1 Å². The molecular formula is C28H33IN6O7S2. The quantitative estimate of drug-likeness (QED) is 0.0757. The molecule has 3 atom stereocenters. The van der Waals surface area contributed by atoms with Gasteiger partial charge in [-0.25, -0.2) is 9.78 Å². The van der Waals surface area contributed by atoms with Gasteiger partial charge in [-0.1, -0.05) is 23.4 Å². The molecule has 3 aliphatic heterocycles. The highest BCUT2D eigenvalue weighted by atomic mass is 127. The van der Waals surface area contributed by atoms with Gasteiger partial charge in [-0.05, 0) is 29.3 Å². The van der Waals surface area contributed by atoms with Crippen molar-refractivity contribution in [1.29, 1.82) is 0 Å². The van der Waals surface area contributed by atoms with Crippen molar-refractivity contribution in [3.8, 4) is 5.75 Å². The van der Waals surface area contributed by atoms with Crippen LogP contribution in [0.15, 0.2) is 58.2 Å². The van der Waals surface area contributed by atoms with Crippen LogP contribution in [0.2, 0.25) is 0 Å². The molecule has 2 aromatic rings. The van der Waals surface area contributed by atoms with Crippen molar-refractivity contribution in [3.05, 3.63) is 64.3 Å². The molecule has 2 saturated heterocycles. The van der Waals surface area contributed by atoms with Gasteiger partial charge in [0.05, 0.1) is 21.2 Å². The number of carbonyl (C=O) groups excluding carboxylic acids is 3. The molecule has 1 unspecified atom stereocenters. The van der Waals surface area contributed by atoms with Crippen LogP contribution < -0.4 is 39.8 Å². The highest BCUT2D eigenvalue weighted by molar-refractivity contribution is 8.00. The second-order valence-electron chi connectivity index (χ2n) is 10.4. The first-order valence-electron chi connectivity index (χ1n) is 13.4. The van der Waals surface area contributed by atoms with Crippen molar-refractivity contribution < 1.29 is 62.2 Å². The molecule has 1 aromatic carbocycles. The number of esters is 1. The second-order valence-corrected chi connectivity index (χ2v) is 12.4. The van der Waals surface area contributed by atoms with E-state index in [0.717, 1.165) is 29.9 Å². The molecule has 3 N–H and O–H groups in total. The van der Waals surface area contributed by atoms with E-state index in [0.29, 0.717) is 21.7 Å². The Morgan fingerprint density at radius 1 is 1.27 bits per heavy atom. The molecular weight excluding hydrogens is 723 g/mol. The number of oxime groups is 1. The Labute approximate surface area is 280 Å². The number of β-lactam (4-membered cyclic amide) rings is 1. The van der Waals surface area contributed by atoms with E-state index >= 15 is 0 Å². The Morgan fingerprint density at radius 3 is 2.64 bits per heavy atom. The molecule has 0 bridgehead atoms. The van der Waals surface area contributed by atoms with E-state index in [9.17, 15) is 14.4 Å². The summed E-state index contributed by atoms with van der Waals surface area (Å²) in [6.45, 7) is 0.865. The Bertz CT molecular complexity index is 1490. The van der Waals surface area contributed by atoms with E-state index in [1.807, 2.05) is 26.2 Å². The van der Waals surface area contributed by atoms with Crippen molar-refractivity contribution >= 4 is 51.7 Å². The summed E-state index contributed by atoms with van der Waals surface area (Å²) in [5, 5.41) is 7.81. The van der Waals surface area contributed by atoms with Gasteiger partial charge in [-0.2, -0.15) is 9.48 Å². The number of nitrogens with one attached hydrogen (secondary N) is 1. The zero-order chi connectivity index (χ0) is 30.7. The van der Waals surface area contributed by atoms with Crippen molar-refractivity contribution in [2.45, 2.75) is 30.5 Å². The Balaban J connectivity index is 0.00000442. The molecule has 1 aromatic heterocycles. The van der Waals surface area contributed by atoms with Gasteiger partial charge in [0.15, 0.2) is 10.8 Å². The second kappa shape index (κ2) is 14.3. The summed E-state index contributed by atoms with van der Waals surface area (Å²) in [4.78, 5) is 56.5. The van der Waals surface area contributed by atoms with E-state index in [1.165, 1.54) is 23.8 Å². The number of carbonyl (C=O) groups is 3. The zero-order valence-corrected chi connectivity index (χ0v) is 28.3. The SMILES string of the molecule is CO/N=C(\C(=O)N[C@@H]1C(=O)N2C(C(=O)OCc3ccc(OC)cc3)=C(/C=C\C3CC[N+](C)(C)O3)CS[C@H]12)c1csc(N)n1.[I-]. The summed E-state index contributed by atoms with van der Waals surface area (Å²) in [7, 11) is 6.84. The monoisotopic (exact) mass is 756 g/mol. The third-order valence-corrected chi connectivity index (χ3v) is 9.03. The first-order chi connectivity index (χ1) is 20.6. The number of anilines is 1. The van der Waals surface area contributed by atoms with Gasteiger partial charge in [-0.3, -0.25) is 14.5 Å². The number of amides is 2. The molecule has 0 radical (unpaired) electrons. The Hall–Kier alpha value is -3.19. The third kappa shape index (κ3) is 7.36. The number of nitrogens with two attached hydrogens (primary N) is 1. The van der Waals surface area contributed by atoms with Crippen LogP contribution in [0.25, 0.3) is 0 Å². The maximum Gasteiger partial charge on any atom is 0.355 e. The van der Waals surface area contributed by atoms with Crippen LogP contribution in [0.3, 0.4) is 0 Å². The number of benzene rings is 1. The highest BCUT2D eigenvalue weighted by Gasteiger charge is 2.54. The minimum atomic E-state index is -0.901. The van der Waals surface area contributed by atoms with Gasteiger partial charge < -0.3 is 49.3 Å². The molecule has 3 aliphatic rings. The van der Waals surface area contributed by atoms with Gasteiger partial charge >= 0.3 is 5.97 Å². The molecule has 5 rings (SSSR count). The minimum Gasteiger partial charge on any atom is -1.00 e. The average Bonchev–Trinajstić information content (AvgIpc) is 3.59. The molecule has 0 aliphatic carbocycles. The van der Waals surface area contributed by atoms with Crippen molar-refractivity contribution in [2.24, 2.45) is 5.16 Å². The summed E-state index contributed by atoms with van der Waals surface area (Å²) in [5.41, 5.74) is 7.38. The van der Waals surface area contributed by atoms with Crippen LogP contribution >= 0.6 is 23.1 Å². The number of thiazole rings is 1. The summed E-state index contributed by atoms with van der Waals surface area (Å²) >= 11 is 2.58. The van der Waals surface area contributed by atoms with E-state index in [2.05, 4.69) is 15.5 Å². The lowest BCUT2D eigenvalue weighted by Crippen LogP contribution is -3.00. The molecule has 2 amide bonds. The molecule has 13 nitrogen and oxygen atoms in total. The number of aromatic nitrogens is 1. The Morgan fingerprint density at radius 2 is 2.02 bits per heavy atom. The molecule has 16 heteroatoms. The van der Waals surface area contributed by atoms with E-state index in [-0.39, 0.29) is 58.9 Å². The minimum absolute atomic E-state index is 0. The maximum atomic E-state index is 13.5. The molecule has 236 valence electrons. The highest BCUT2D eigenvalue weighted by Crippen LogP contribution is 2.41. The standard InChI is InChI=1S/C28H32N6O7S2.HI/c1-34(2)12-11-19(41-34)10-7-17-14-42-26-22(31-24(35)21(32-39-4)20-15-43-28(29)30-20)25(36)33(26)23(17)27(37)40-13-16-5-8-18(38-3)9-6-16;/h5-10,15,19,22,26H,11-14H2,1-4H3,(H2-,29,30,31,35);1H/b10-7-,32-21-;/t19?,22-,26-;/m1./s1. The van der Waals surface area contributed by atoms with Crippen molar-refractivity contribution in [1.82, 2.24) is 15.2 Å². The van der Waals surface area contributed by atoms with Crippen molar-refractivity contribution in [2.75, 3.05) is 46.3 Å². The number of hydroxylamine groups is 3. The fourth-order valence-electron chi connectivity index (χ4n) is 4.87. The van der Waals surface area contributed by atoms with Crippen LogP contribution in [-0.2, 0) is 35.4 Å². The zero-order valence-electron chi connectivity index (χ0n) is 24.5. The molecule has 2 fully saturated rings. The number of allylic oxidation sites excluding steroid dienone is 1. The lowest BCUT2D eigenvalue weighted by Gasteiger charge is -2.49. The van der Waals surface area contributed by atoms with E-state index < -0.39 is 29.2 Å². The number of hydrogen-bond donors (Lipinski definition) is 2. The topological polar surface area (TPSA) is 155 Å². The third-order valence-electron chi connectivity index (χ3n) is 7.05. The molecule has 0 saturated carbocycles. The fraction of sp³-hybridized carbons (Fsp3) is 0.393. The first kappa shape index (κ1) is 33.7. The van der Waals surface area contributed by atoms with Crippen LogP contribution in [0.4, 0.5) is 5.13 Å². The van der Waals surface area contributed by atoms with Gasteiger partial charge in [0.1, 0.15) is 54.9 Å². The van der Waals surface area contributed by atoms with Crippen LogP contribution in [0.1, 0.15) is 17.7 Å². The lowest BCUT2D eigenvalue weighted by molar-refractivity contribution is -1.06. The van der Waals surface area contributed by atoms with Gasteiger partial charge in [0, 0.05) is 17.6 Å². The normalized spacial score (nSPS) is 22.6. The molecule has 4 heterocycles. The number of hydrogen-bond acceptors (Lipinski definition) is 12.